The number of rotatable bonds is 6. The number of piperidine rings is 1. The lowest BCUT2D eigenvalue weighted by atomic mass is 9.92. The summed E-state index contributed by atoms with van der Waals surface area (Å²) < 4.78 is 5.12. The van der Waals surface area contributed by atoms with Gasteiger partial charge in [-0.15, -0.1) is 0 Å². The summed E-state index contributed by atoms with van der Waals surface area (Å²) in [5.74, 6) is 1.76. The molecule has 7 heteroatoms. The number of carbonyl (C=O) groups excluding carboxylic acids is 1. The average Bonchev–Trinajstić information content (AvgIpc) is 3.42. The van der Waals surface area contributed by atoms with E-state index in [1.165, 1.54) is 12.8 Å². The second-order valence-corrected chi connectivity index (χ2v) is 7.50. The lowest BCUT2D eigenvalue weighted by Crippen LogP contribution is -2.48. The Morgan fingerprint density at radius 1 is 1.40 bits per heavy atom. The van der Waals surface area contributed by atoms with Crippen molar-refractivity contribution in [1.29, 1.82) is 0 Å². The number of likely N-dealkylation sites (tertiary alicyclic amines) is 1. The Labute approximate surface area is 149 Å². The predicted octanol–water partition coefficient (Wildman–Crippen LogP) is 2.51. The molecule has 0 spiro atoms. The van der Waals surface area contributed by atoms with Crippen LogP contribution in [0.3, 0.4) is 0 Å². The monoisotopic (exact) mass is 347 g/mol. The van der Waals surface area contributed by atoms with Crippen LogP contribution >= 0.6 is 0 Å². The van der Waals surface area contributed by atoms with Gasteiger partial charge >= 0.3 is 6.03 Å². The molecule has 2 fully saturated rings. The van der Waals surface area contributed by atoms with Crippen molar-refractivity contribution in [3.8, 4) is 5.88 Å². The first kappa shape index (κ1) is 17.8. The molecule has 7 nitrogen and oxygen atoms in total. The fourth-order valence-corrected chi connectivity index (χ4v) is 3.42. The van der Waals surface area contributed by atoms with Crippen LogP contribution in [0.25, 0.3) is 0 Å². The molecular weight excluding hydrogens is 318 g/mol. The minimum absolute atomic E-state index is 0.0722. The molecule has 1 aliphatic carbocycles. The Hall–Kier alpha value is -2.05. The van der Waals surface area contributed by atoms with Crippen molar-refractivity contribution in [3.63, 3.8) is 0 Å². The number of urea groups is 1. The van der Waals surface area contributed by atoms with Crippen LogP contribution in [0.2, 0.25) is 0 Å². The lowest BCUT2D eigenvalue weighted by Gasteiger charge is -2.33. The number of methoxy groups -OCH3 is 1. The second-order valence-electron chi connectivity index (χ2n) is 7.50. The Morgan fingerprint density at radius 3 is 2.72 bits per heavy atom. The Balaban J connectivity index is 1.43. The van der Waals surface area contributed by atoms with E-state index in [9.17, 15) is 4.79 Å². The van der Waals surface area contributed by atoms with E-state index >= 15 is 0 Å². The molecule has 0 bridgehead atoms. The van der Waals surface area contributed by atoms with Gasteiger partial charge in [0.25, 0.3) is 0 Å². The molecule has 1 aromatic heterocycles. The highest BCUT2D eigenvalue weighted by atomic mass is 16.5. The number of carbonyl (C=O) groups is 1. The highest BCUT2D eigenvalue weighted by Crippen LogP contribution is 2.51. The number of nitrogens with one attached hydrogen (secondary N) is 2. The summed E-state index contributed by atoms with van der Waals surface area (Å²) in [6.07, 6.45) is 5.93. The zero-order valence-electron chi connectivity index (χ0n) is 15.4. The molecule has 0 unspecified atom stereocenters. The third-order valence-electron chi connectivity index (χ3n) is 5.66. The molecule has 25 heavy (non-hydrogen) atoms. The van der Waals surface area contributed by atoms with Crippen LogP contribution in [-0.4, -0.2) is 53.7 Å². The van der Waals surface area contributed by atoms with E-state index in [0.717, 1.165) is 32.5 Å². The Morgan fingerprint density at radius 2 is 2.12 bits per heavy atom. The van der Waals surface area contributed by atoms with Gasteiger partial charge in [0, 0.05) is 37.9 Å². The van der Waals surface area contributed by atoms with E-state index in [0.29, 0.717) is 23.2 Å². The lowest BCUT2D eigenvalue weighted by molar-refractivity contribution is 0.179. The van der Waals surface area contributed by atoms with Crippen molar-refractivity contribution in [1.82, 2.24) is 20.2 Å². The van der Waals surface area contributed by atoms with Gasteiger partial charge < -0.3 is 20.3 Å². The molecule has 2 aliphatic rings. The smallest absolute Gasteiger partial charge is 0.317 e. The molecule has 138 valence electrons. The SMILES string of the molecule is COc1ccnc(NC2CCN(C(=O)NCC3(C(C)C)CC3)CC2)n1. The number of aromatic nitrogens is 2. The summed E-state index contributed by atoms with van der Waals surface area (Å²) in [5, 5.41) is 6.48. The molecule has 0 atom stereocenters. The summed E-state index contributed by atoms with van der Waals surface area (Å²) >= 11 is 0. The van der Waals surface area contributed by atoms with Crippen LogP contribution < -0.4 is 15.4 Å². The van der Waals surface area contributed by atoms with E-state index < -0.39 is 0 Å². The Bertz CT molecular complexity index is 595. The number of anilines is 1. The third-order valence-corrected chi connectivity index (χ3v) is 5.66. The molecule has 3 rings (SSSR count). The first-order chi connectivity index (χ1) is 12.0. The van der Waals surface area contributed by atoms with Crippen LogP contribution in [0.4, 0.5) is 10.7 Å². The van der Waals surface area contributed by atoms with Crippen molar-refractivity contribution in [3.05, 3.63) is 12.3 Å². The highest BCUT2D eigenvalue weighted by molar-refractivity contribution is 5.74. The molecule has 1 saturated carbocycles. The standard InChI is InChI=1S/C18H29N5O2/c1-13(2)18(7-8-18)12-20-17(24)23-10-5-14(6-11-23)21-16-19-9-4-15(22-16)25-3/h4,9,13-14H,5-8,10-12H2,1-3H3,(H,20,24)(H,19,21,22). The van der Waals surface area contributed by atoms with Gasteiger partial charge in [-0.3, -0.25) is 0 Å². The number of hydrogen-bond acceptors (Lipinski definition) is 5. The minimum atomic E-state index is 0.0722. The first-order valence-electron chi connectivity index (χ1n) is 9.19. The van der Waals surface area contributed by atoms with Crippen LogP contribution in [0, 0.1) is 11.3 Å². The van der Waals surface area contributed by atoms with Crippen molar-refractivity contribution < 1.29 is 9.53 Å². The molecule has 0 radical (unpaired) electrons. The maximum atomic E-state index is 12.4. The van der Waals surface area contributed by atoms with E-state index in [4.69, 9.17) is 4.74 Å². The molecule has 2 heterocycles. The van der Waals surface area contributed by atoms with Gasteiger partial charge in [-0.05, 0) is 37.0 Å². The molecule has 2 amide bonds. The second kappa shape index (κ2) is 7.45. The minimum Gasteiger partial charge on any atom is -0.481 e. The summed E-state index contributed by atoms with van der Waals surface area (Å²) in [4.78, 5) is 22.8. The number of ether oxygens (including phenoxy) is 1. The van der Waals surface area contributed by atoms with Crippen LogP contribution in [0.15, 0.2) is 12.3 Å². The molecular formula is C18H29N5O2. The van der Waals surface area contributed by atoms with Crippen LogP contribution in [0.5, 0.6) is 5.88 Å². The Kier molecular flexibility index (Phi) is 5.30. The fraction of sp³-hybridized carbons (Fsp3) is 0.722. The van der Waals surface area contributed by atoms with Gasteiger partial charge in [-0.1, -0.05) is 13.8 Å². The fourth-order valence-electron chi connectivity index (χ4n) is 3.42. The van der Waals surface area contributed by atoms with Gasteiger partial charge in [0.05, 0.1) is 7.11 Å². The van der Waals surface area contributed by atoms with E-state index in [2.05, 4.69) is 34.4 Å². The number of nitrogens with zero attached hydrogens (tertiary/aromatic N) is 3. The maximum Gasteiger partial charge on any atom is 0.317 e. The van der Waals surface area contributed by atoms with Gasteiger partial charge in [-0.25, -0.2) is 9.78 Å². The quantitative estimate of drug-likeness (QED) is 0.826. The molecule has 1 aromatic rings. The number of amides is 2. The van der Waals surface area contributed by atoms with Crippen molar-refractivity contribution in [2.24, 2.45) is 11.3 Å². The normalized spacial score (nSPS) is 19.6. The van der Waals surface area contributed by atoms with Gasteiger partial charge in [0.1, 0.15) is 0 Å². The van der Waals surface area contributed by atoms with E-state index in [1.807, 2.05) is 4.90 Å². The summed E-state index contributed by atoms with van der Waals surface area (Å²) in [6, 6.07) is 2.08. The van der Waals surface area contributed by atoms with Gasteiger partial charge in [-0.2, -0.15) is 4.98 Å². The number of hydrogen-bond donors (Lipinski definition) is 2. The predicted molar refractivity (Wildman–Crippen MR) is 96.7 cm³/mol. The van der Waals surface area contributed by atoms with E-state index in [1.54, 1.807) is 19.4 Å². The molecule has 0 aromatic carbocycles. The van der Waals surface area contributed by atoms with Crippen LogP contribution in [0.1, 0.15) is 39.5 Å². The topological polar surface area (TPSA) is 79.4 Å². The summed E-state index contributed by atoms with van der Waals surface area (Å²) in [6.45, 7) is 6.80. The average molecular weight is 347 g/mol. The van der Waals surface area contributed by atoms with Gasteiger partial charge in [0.15, 0.2) is 0 Å². The van der Waals surface area contributed by atoms with Gasteiger partial charge in [0.2, 0.25) is 11.8 Å². The van der Waals surface area contributed by atoms with E-state index in [-0.39, 0.29) is 12.1 Å². The molecule has 1 saturated heterocycles. The van der Waals surface area contributed by atoms with Crippen molar-refractivity contribution in [2.45, 2.75) is 45.6 Å². The maximum absolute atomic E-state index is 12.4. The van der Waals surface area contributed by atoms with Crippen LogP contribution in [-0.2, 0) is 0 Å². The largest absolute Gasteiger partial charge is 0.481 e. The summed E-state index contributed by atoms with van der Waals surface area (Å²) in [5.41, 5.74) is 0.346. The molecule has 1 aliphatic heterocycles. The van der Waals surface area contributed by atoms with Crippen molar-refractivity contribution >= 4 is 12.0 Å². The zero-order valence-corrected chi connectivity index (χ0v) is 15.4. The van der Waals surface area contributed by atoms with Crippen molar-refractivity contribution in [2.75, 3.05) is 32.1 Å². The highest BCUT2D eigenvalue weighted by Gasteiger charge is 2.45. The molecule has 2 N–H and O–H groups in total. The zero-order chi connectivity index (χ0) is 17.9. The first-order valence-corrected chi connectivity index (χ1v) is 9.19. The summed E-state index contributed by atoms with van der Waals surface area (Å²) in [7, 11) is 1.59. The third kappa shape index (κ3) is 4.32.